The van der Waals surface area contributed by atoms with Crippen LogP contribution in [-0.4, -0.2) is 26.6 Å². The molecule has 0 saturated carbocycles. The van der Waals surface area contributed by atoms with Crippen LogP contribution in [-0.2, 0) is 6.54 Å². The van der Waals surface area contributed by atoms with Gasteiger partial charge in [-0.2, -0.15) is 0 Å². The fourth-order valence-electron chi connectivity index (χ4n) is 1.35. The second-order valence-electron chi connectivity index (χ2n) is 3.48. The van der Waals surface area contributed by atoms with E-state index in [1.165, 1.54) is 12.1 Å². The fourth-order valence-corrected chi connectivity index (χ4v) is 1.79. The molecule has 18 heavy (non-hydrogen) atoms. The molecular formula is C11H9N3O3S. The van der Waals surface area contributed by atoms with E-state index < -0.39 is 5.97 Å². The first kappa shape index (κ1) is 12.2. The number of aromatic nitrogens is 2. The maximum Gasteiger partial charge on any atom is 0.335 e. The van der Waals surface area contributed by atoms with Gasteiger partial charge in [-0.15, -0.1) is 5.10 Å². The zero-order valence-corrected chi connectivity index (χ0v) is 9.98. The van der Waals surface area contributed by atoms with E-state index in [9.17, 15) is 9.59 Å². The molecule has 1 amide bonds. The predicted octanol–water partition coefficient (Wildman–Crippen LogP) is 1.17. The number of hydrogen-bond acceptors (Lipinski definition) is 5. The van der Waals surface area contributed by atoms with E-state index in [0.29, 0.717) is 5.56 Å². The van der Waals surface area contributed by atoms with Crippen molar-refractivity contribution in [1.29, 1.82) is 0 Å². The number of hydrogen-bond donors (Lipinski definition) is 2. The number of nitrogens with zero attached hydrogens (tertiary/aromatic N) is 2. The van der Waals surface area contributed by atoms with Gasteiger partial charge in [0.25, 0.3) is 5.91 Å². The van der Waals surface area contributed by atoms with Crippen LogP contribution >= 0.6 is 11.5 Å². The van der Waals surface area contributed by atoms with Gasteiger partial charge in [0.2, 0.25) is 0 Å². The molecule has 0 spiro atoms. The third-order valence-corrected chi connectivity index (χ3v) is 2.72. The Kier molecular flexibility index (Phi) is 3.63. The Hall–Kier alpha value is -2.28. The van der Waals surface area contributed by atoms with E-state index in [1.54, 1.807) is 17.5 Å². The van der Waals surface area contributed by atoms with Gasteiger partial charge in [0.1, 0.15) is 0 Å². The van der Waals surface area contributed by atoms with E-state index in [1.807, 2.05) is 0 Å². The molecule has 1 aromatic carbocycles. The minimum Gasteiger partial charge on any atom is -0.478 e. The Morgan fingerprint density at radius 3 is 2.89 bits per heavy atom. The van der Waals surface area contributed by atoms with Crippen LogP contribution in [0.15, 0.2) is 29.6 Å². The predicted molar refractivity (Wildman–Crippen MR) is 64.5 cm³/mol. The van der Waals surface area contributed by atoms with Gasteiger partial charge in [0.15, 0.2) is 5.69 Å². The molecule has 6 nitrogen and oxygen atoms in total. The first-order valence-corrected chi connectivity index (χ1v) is 5.88. The molecule has 92 valence electrons. The number of nitrogens with one attached hydrogen (secondary N) is 1. The standard InChI is InChI=1S/C11H9N3O3S/c15-10(9-6-18-14-13-9)12-5-7-2-1-3-8(4-7)11(16)17/h1-4,6H,5H2,(H,12,15)(H,16,17). The first-order valence-electron chi connectivity index (χ1n) is 5.04. The van der Waals surface area contributed by atoms with Crippen molar-refractivity contribution in [3.8, 4) is 0 Å². The SMILES string of the molecule is O=C(O)c1cccc(CNC(=O)c2csnn2)c1. The van der Waals surface area contributed by atoms with Crippen molar-refractivity contribution in [1.82, 2.24) is 14.9 Å². The molecule has 0 fully saturated rings. The van der Waals surface area contributed by atoms with Crippen molar-refractivity contribution in [2.75, 3.05) is 0 Å². The van der Waals surface area contributed by atoms with Crippen molar-refractivity contribution < 1.29 is 14.7 Å². The van der Waals surface area contributed by atoms with Crippen LogP contribution < -0.4 is 5.32 Å². The van der Waals surface area contributed by atoms with Gasteiger partial charge in [-0.3, -0.25) is 4.79 Å². The van der Waals surface area contributed by atoms with E-state index in [2.05, 4.69) is 14.9 Å². The Balaban J connectivity index is 2.00. The zero-order chi connectivity index (χ0) is 13.0. The topological polar surface area (TPSA) is 92.2 Å². The smallest absolute Gasteiger partial charge is 0.335 e. The highest BCUT2D eigenvalue weighted by Gasteiger charge is 2.08. The van der Waals surface area contributed by atoms with E-state index in [-0.39, 0.29) is 23.7 Å². The molecule has 0 aliphatic heterocycles. The van der Waals surface area contributed by atoms with Crippen molar-refractivity contribution in [3.05, 3.63) is 46.5 Å². The van der Waals surface area contributed by atoms with Crippen LogP contribution in [0.3, 0.4) is 0 Å². The number of amides is 1. The lowest BCUT2D eigenvalue weighted by Crippen LogP contribution is -2.23. The molecule has 0 bridgehead atoms. The minimum absolute atomic E-state index is 0.192. The van der Waals surface area contributed by atoms with Gasteiger partial charge in [-0.1, -0.05) is 16.6 Å². The number of carboxylic acids is 1. The van der Waals surface area contributed by atoms with Gasteiger partial charge in [0.05, 0.1) is 5.56 Å². The lowest BCUT2D eigenvalue weighted by atomic mass is 10.1. The molecule has 1 aromatic heterocycles. The molecule has 7 heteroatoms. The number of aromatic carboxylic acids is 1. The molecule has 0 atom stereocenters. The summed E-state index contributed by atoms with van der Waals surface area (Å²) in [4.78, 5) is 22.3. The van der Waals surface area contributed by atoms with Crippen molar-refractivity contribution in [3.63, 3.8) is 0 Å². The van der Waals surface area contributed by atoms with Crippen molar-refractivity contribution >= 4 is 23.4 Å². The third-order valence-electron chi connectivity index (χ3n) is 2.22. The Morgan fingerprint density at radius 1 is 1.39 bits per heavy atom. The lowest BCUT2D eigenvalue weighted by molar-refractivity contribution is 0.0696. The summed E-state index contributed by atoms with van der Waals surface area (Å²) >= 11 is 1.10. The summed E-state index contributed by atoms with van der Waals surface area (Å²) in [5.41, 5.74) is 1.16. The highest BCUT2D eigenvalue weighted by molar-refractivity contribution is 7.03. The zero-order valence-electron chi connectivity index (χ0n) is 9.16. The molecule has 0 saturated heterocycles. The second kappa shape index (κ2) is 5.37. The number of carbonyl (C=O) groups excluding carboxylic acids is 1. The van der Waals surface area contributed by atoms with E-state index in [0.717, 1.165) is 11.5 Å². The van der Waals surface area contributed by atoms with Gasteiger partial charge < -0.3 is 10.4 Å². The summed E-state index contributed by atoms with van der Waals surface area (Å²) in [5.74, 6) is -1.32. The summed E-state index contributed by atoms with van der Waals surface area (Å²) in [5, 5.41) is 16.7. The number of benzene rings is 1. The fraction of sp³-hybridized carbons (Fsp3) is 0.0909. The number of rotatable bonds is 4. The highest BCUT2D eigenvalue weighted by atomic mass is 32.1. The Labute approximate surface area is 106 Å². The molecule has 1 heterocycles. The summed E-state index contributed by atoms with van der Waals surface area (Å²) in [6.07, 6.45) is 0. The monoisotopic (exact) mass is 263 g/mol. The van der Waals surface area contributed by atoms with Crippen LogP contribution in [0.5, 0.6) is 0 Å². The van der Waals surface area contributed by atoms with Crippen molar-refractivity contribution in [2.45, 2.75) is 6.54 Å². The average molecular weight is 263 g/mol. The summed E-state index contributed by atoms with van der Waals surface area (Å²) in [7, 11) is 0. The molecular weight excluding hydrogens is 254 g/mol. The summed E-state index contributed by atoms with van der Waals surface area (Å²) in [6.45, 7) is 0.247. The largest absolute Gasteiger partial charge is 0.478 e. The maximum atomic E-state index is 11.6. The first-order chi connectivity index (χ1) is 8.66. The van der Waals surface area contributed by atoms with Gasteiger partial charge in [-0.05, 0) is 29.2 Å². The Morgan fingerprint density at radius 2 is 2.22 bits per heavy atom. The normalized spacial score (nSPS) is 10.0. The van der Waals surface area contributed by atoms with Gasteiger partial charge in [-0.25, -0.2) is 4.79 Å². The number of carbonyl (C=O) groups is 2. The molecule has 2 N–H and O–H groups in total. The summed E-state index contributed by atoms with van der Waals surface area (Å²) in [6, 6.07) is 6.39. The van der Waals surface area contributed by atoms with Gasteiger partial charge in [0, 0.05) is 11.9 Å². The maximum absolute atomic E-state index is 11.6. The highest BCUT2D eigenvalue weighted by Crippen LogP contribution is 2.05. The summed E-state index contributed by atoms with van der Waals surface area (Å²) < 4.78 is 3.59. The van der Waals surface area contributed by atoms with E-state index >= 15 is 0 Å². The third kappa shape index (κ3) is 2.89. The molecule has 0 radical (unpaired) electrons. The van der Waals surface area contributed by atoms with E-state index in [4.69, 9.17) is 5.11 Å². The quantitative estimate of drug-likeness (QED) is 0.863. The molecule has 0 unspecified atom stereocenters. The molecule has 0 aliphatic carbocycles. The van der Waals surface area contributed by atoms with Crippen LogP contribution in [0, 0.1) is 0 Å². The van der Waals surface area contributed by atoms with Crippen LogP contribution in [0.2, 0.25) is 0 Å². The van der Waals surface area contributed by atoms with Crippen molar-refractivity contribution in [2.24, 2.45) is 0 Å². The average Bonchev–Trinajstić information content (AvgIpc) is 2.90. The Bertz CT molecular complexity index is 569. The minimum atomic E-state index is -0.994. The van der Waals surface area contributed by atoms with Crippen LogP contribution in [0.25, 0.3) is 0 Å². The molecule has 2 aromatic rings. The second-order valence-corrected chi connectivity index (χ2v) is 4.09. The van der Waals surface area contributed by atoms with Crippen LogP contribution in [0.4, 0.5) is 0 Å². The van der Waals surface area contributed by atoms with Crippen LogP contribution in [0.1, 0.15) is 26.4 Å². The van der Waals surface area contributed by atoms with Gasteiger partial charge >= 0.3 is 5.97 Å². The lowest BCUT2D eigenvalue weighted by Gasteiger charge is -2.04. The molecule has 2 rings (SSSR count). The number of carboxylic acid groups (broad SMARTS) is 1. The molecule has 0 aliphatic rings.